The minimum Gasteiger partial charge on any atom is -0.462 e. The van der Waals surface area contributed by atoms with E-state index in [0.29, 0.717) is 23.6 Å². The molecule has 6 heteroatoms. The molecular weight excluding hydrogens is 230 g/mol. The lowest BCUT2D eigenvalue weighted by Crippen LogP contribution is -2.13. The number of carbonyl (C=O) groups is 1. The number of hydrogen-bond donors (Lipinski definition) is 2. The largest absolute Gasteiger partial charge is 0.462 e. The lowest BCUT2D eigenvalue weighted by Gasteiger charge is -2.14. The molecule has 0 aliphatic carbocycles. The number of aryl methyl sites for hydroxylation is 1. The summed E-state index contributed by atoms with van der Waals surface area (Å²) in [5, 5.41) is 3.01. The van der Waals surface area contributed by atoms with E-state index in [1.54, 1.807) is 20.9 Å². The van der Waals surface area contributed by atoms with Crippen LogP contribution in [0.3, 0.4) is 0 Å². The van der Waals surface area contributed by atoms with Crippen molar-refractivity contribution in [2.75, 3.05) is 24.7 Å². The summed E-state index contributed by atoms with van der Waals surface area (Å²) in [6, 6.07) is 0. The molecule has 0 fully saturated rings. The maximum Gasteiger partial charge on any atom is 0.342 e. The van der Waals surface area contributed by atoms with Crippen molar-refractivity contribution in [1.29, 1.82) is 0 Å². The molecule has 0 atom stereocenters. The summed E-state index contributed by atoms with van der Waals surface area (Å²) in [5.74, 6) is -0.458. The lowest BCUT2D eigenvalue weighted by molar-refractivity contribution is 0.0526. The van der Waals surface area contributed by atoms with Crippen LogP contribution in [-0.4, -0.2) is 24.6 Å². The molecule has 3 N–H and O–H groups in total. The van der Waals surface area contributed by atoms with Crippen LogP contribution in [0.2, 0.25) is 5.15 Å². The molecule has 0 saturated carbocycles. The van der Waals surface area contributed by atoms with Gasteiger partial charge < -0.3 is 15.8 Å². The van der Waals surface area contributed by atoms with E-state index in [0.717, 1.165) is 0 Å². The highest BCUT2D eigenvalue weighted by molar-refractivity contribution is 6.32. The highest BCUT2D eigenvalue weighted by atomic mass is 35.5. The molecule has 1 heterocycles. The number of aromatic nitrogens is 1. The number of esters is 1. The Morgan fingerprint density at radius 1 is 1.62 bits per heavy atom. The second-order valence-corrected chi connectivity index (χ2v) is 3.48. The van der Waals surface area contributed by atoms with Gasteiger partial charge in [0, 0.05) is 7.05 Å². The molecule has 1 aromatic rings. The molecule has 5 nitrogen and oxygen atoms in total. The smallest absolute Gasteiger partial charge is 0.342 e. The number of pyridine rings is 1. The maximum atomic E-state index is 11.7. The van der Waals surface area contributed by atoms with Gasteiger partial charge in [0.2, 0.25) is 0 Å². The predicted molar refractivity (Wildman–Crippen MR) is 63.9 cm³/mol. The zero-order valence-corrected chi connectivity index (χ0v) is 10.2. The van der Waals surface area contributed by atoms with Gasteiger partial charge >= 0.3 is 5.97 Å². The molecule has 0 radical (unpaired) electrons. The Kier molecular flexibility index (Phi) is 3.95. The summed E-state index contributed by atoms with van der Waals surface area (Å²) in [6.07, 6.45) is 0. The molecule has 1 rings (SSSR count). The predicted octanol–water partition coefficient (Wildman–Crippen LogP) is 1.84. The van der Waals surface area contributed by atoms with Gasteiger partial charge in [0.1, 0.15) is 5.56 Å². The van der Waals surface area contributed by atoms with Crippen LogP contribution in [0.4, 0.5) is 11.4 Å². The zero-order chi connectivity index (χ0) is 12.3. The number of halogens is 1. The van der Waals surface area contributed by atoms with Crippen molar-refractivity contribution in [2.24, 2.45) is 0 Å². The summed E-state index contributed by atoms with van der Waals surface area (Å²) in [7, 11) is 1.66. The first-order chi connectivity index (χ1) is 7.52. The number of hydrogen-bond acceptors (Lipinski definition) is 5. The van der Waals surface area contributed by atoms with Gasteiger partial charge in [-0.15, -0.1) is 0 Å². The first-order valence-electron chi connectivity index (χ1n) is 4.83. The van der Waals surface area contributed by atoms with E-state index in [4.69, 9.17) is 22.1 Å². The van der Waals surface area contributed by atoms with Crippen LogP contribution in [0.25, 0.3) is 0 Å². The Bertz CT molecular complexity index is 421. The SMILES string of the molecule is CCOC(=O)c1c(C)nc(Cl)c(N)c1NC. The zero-order valence-electron chi connectivity index (χ0n) is 9.43. The number of nitrogens with one attached hydrogen (secondary N) is 1. The lowest BCUT2D eigenvalue weighted by atomic mass is 10.1. The van der Waals surface area contributed by atoms with Crippen LogP contribution in [0, 0.1) is 6.92 Å². The van der Waals surface area contributed by atoms with E-state index in [-0.39, 0.29) is 10.8 Å². The Balaban J connectivity index is 3.36. The maximum absolute atomic E-state index is 11.7. The number of nitrogens with two attached hydrogens (primary N) is 1. The first-order valence-corrected chi connectivity index (χ1v) is 5.21. The second kappa shape index (κ2) is 5.03. The number of anilines is 2. The normalized spacial score (nSPS) is 10.0. The molecule has 0 aromatic carbocycles. The van der Waals surface area contributed by atoms with Crippen LogP contribution in [0.5, 0.6) is 0 Å². The molecule has 0 saturated heterocycles. The number of carbonyl (C=O) groups excluding carboxylic acids is 1. The minimum atomic E-state index is -0.458. The Labute approximate surface area is 98.9 Å². The fourth-order valence-corrected chi connectivity index (χ4v) is 1.62. The van der Waals surface area contributed by atoms with Crippen molar-refractivity contribution >= 4 is 28.9 Å². The van der Waals surface area contributed by atoms with E-state index in [9.17, 15) is 4.79 Å². The topological polar surface area (TPSA) is 77.2 Å². The van der Waals surface area contributed by atoms with Crippen LogP contribution >= 0.6 is 11.6 Å². The van der Waals surface area contributed by atoms with Gasteiger partial charge in [-0.1, -0.05) is 11.6 Å². The monoisotopic (exact) mass is 243 g/mol. The second-order valence-electron chi connectivity index (χ2n) is 3.12. The molecule has 16 heavy (non-hydrogen) atoms. The van der Waals surface area contributed by atoms with Gasteiger partial charge in [-0.2, -0.15) is 0 Å². The van der Waals surface area contributed by atoms with Gasteiger partial charge in [0.05, 0.1) is 23.7 Å². The molecule has 0 bridgehead atoms. The van der Waals surface area contributed by atoms with Crippen LogP contribution in [0.1, 0.15) is 23.0 Å². The fourth-order valence-electron chi connectivity index (χ4n) is 1.39. The third kappa shape index (κ3) is 2.19. The average Bonchev–Trinajstić information content (AvgIpc) is 2.23. The van der Waals surface area contributed by atoms with Crippen molar-refractivity contribution in [3.63, 3.8) is 0 Å². The van der Waals surface area contributed by atoms with Gasteiger partial charge in [0.15, 0.2) is 5.15 Å². The molecule has 0 spiro atoms. The molecular formula is C10H14ClN3O2. The minimum absolute atomic E-state index is 0.176. The first kappa shape index (κ1) is 12.6. The van der Waals surface area contributed by atoms with Crippen LogP contribution in [0.15, 0.2) is 0 Å². The highest BCUT2D eigenvalue weighted by Crippen LogP contribution is 2.31. The molecule has 1 aromatic heterocycles. The van der Waals surface area contributed by atoms with E-state index in [1.165, 1.54) is 0 Å². The van der Waals surface area contributed by atoms with Crippen molar-refractivity contribution in [1.82, 2.24) is 4.98 Å². The summed E-state index contributed by atoms with van der Waals surface area (Å²) in [6.45, 7) is 3.71. The molecule has 88 valence electrons. The van der Waals surface area contributed by atoms with E-state index in [2.05, 4.69) is 10.3 Å². The fraction of sp³-hybridized carbons (Fsp3) is 0.400. The van der Waals surface area contributed by atoms with E-state index >= 15 is 0 Å². The summed E-state index contributed by atoms with van der Waals surface area (Å²) in [4.78, 5) is 15.7. The van der Waals surface area contributed by atoms with Gasteiger partial charge in [0.25, 0.3) is 0 Å². The number of nitrogen functional groups attached to an aromatic ring is 1. The number of rotatable bonds is 3. The standard InChI is InChI=1S/C10H14ClN3O2/c1-4-16-10(15)6-5(2)14-9(11)7(12)8(6)13-3/h4,12H2,1-3H3,(H,13,14). The summed E-state index contributed by atoms with van der Waals surface area (Å²) < 4.78 is 4.93. The Morgan fingerprint density at radius 3 is 2.75 bits per heavy atom. The number of ether oxygens (including phenoxy) is 1. The van der Waals surface area contributed by atoms with Gasteiger partial charge in [-0.3, -0.25) is 0 Å². The van der Waals surface area contributed by atoms with Crippen LogP contribution in [-0.2, 0) is 4.74 Å². The van der Waals surface area contributed by atoms with E-state index < -0.39 is 5.97 Å². The number of nitrogens with zero attached hydrogens (tertiary/aromatic N) is 1. The van der Waals surface area contributed by atoms with Gasteiger partial charge in [-0.25, -0.2) is 9.78 Å². The Morgan fingerprint density at radius 2 is 2.25 bits per heavy atom. The molecule has 0 aliphatic heterocycles. The van der Waals surface area contributed by atoms with Crippen molar-refractivity contribution in [2.45, 2.75) is 13.8 Å². The molecule has 0 unspecified atom stereocenters. The van der Waals surface area contributed by atoms with E-state index in [1.807, 2.05) is 0 Å². The highest BCUT2D eigenvalue weighted by Gasteiger charge is 2.20. The Hall–Kier alpha value is -1.49. The van der Waals surface area contributed by atoms with Crippen LogP contribution < -0.4 is 11.1 Å². The third-order valence-electron chi connectivity index (χ3n) is 2.10. The third-order valence-corrected chi connectivity index (χ3v) is 2.39. The summed E-state index contributed by atoms with van der Waals surface area (Å²) in [5.41, 5.74) is 7.25. The molecule has 0 aliphatic rings. The van der Waals surface area contributed by atoms with Gasteiger partial charge in [-0.05, 0) is 13.8 Å². The quantitative estimate of drug-likeness (QED) is 0.626. The molecule has 0 amide bonds. The van der Waals surface area contributed by atoms with Crippen molar-refractivity contribution in [3.05, 3.63) is 16.4 Å². The van der Waals surface area contributed by atoms with Crippen molar-refractivity contribution < 1.29 is 9.53 Å². The van der Waals surface area contributed by atoms with Crippen molar-refractivity contribution in [3.8, 4) is 0 Å². The summed E-state index contributed by atoms with van der Waals surface area (Å²) >= 11 is 5.82. The average molecular weight is 244 g/mol.